The molecule has 3 N–H and O–H groups in total. The summed E-state index contributed by atoms with van der Waals surface area (Å²) in [4.78, 5) is 67.7. The molecule has 0 bridgehead atoms. The Morgan fingerprint density at radius 1 is 0.884 bits per heavy atom. The van der Waals surface area contributed by atoms with Crippen molar-refractivity contribution in [1.82, 2.24) is 29.4 Å². The SMILES string of the molecule is C[C@@]12CN(CC3CCN(c4ccc5c(c4)CN([C@H]4CCC(=O)NC4=O)C5=O)CC3)C[C@@H]1CN(c1ccc(-c3cnc4[nH]cc(C(=O)c5c(F)ccc(NS(=O)(=O)N6CC[C@@H](F)C6)c5F)c4c3)cc1)C2. The molecule has 0 unspecified atom stereocenters. The Bertz CT molecular complexity index is 3040. The van der Waals surface area contributed by atoms with Crippen LogP contribution < -0.4 is 19.8 Å². The third kappa shape index (κ3) is 8.30. The highest BCUT2D eigenvalue weighted by atomic mass is 32.2. The number of carbonyl (C=O) groups excluding carboxylic acids is 4. The van der Waals surface area contributed by atoms with Crippen molar-refractivity contribution >= 4 is 61.8 Å². The van der Waals surface area contributed by atoms with E-state index in [1.807, 2.05) is 24.3 Å². The maximum absolute atomic E-state index is 15.8. The number of aromatic amines is 1. The van der Waals surface area contributed by atoms with Crippen LogP contribution in [0.25, 0.3) is 22.2 Å². The first-order valence-corrected chi connectivity index (χ1v) is 25.1. The van der Waals surface area contributed by atoms with Crippen molar-refractivity contribution in [3.63, 3.8) is 0 Å². The van der Waals surface area contributed by atoms with Crippen molar-refractivity contribution in [3.05, 3.63) is 107 Å². The van der Waals surface area contributed by atoms with Gasteiger partial charge in [0, 0.05) is 123 Å². The first kappa shape index (κ1) is 45.2. The van der Waals surface area contributed by atoms with Gasteiger partial charge in [-0.1, -0.05) is 19.1 Å². The molecule has 6 aliphatic rings. The third-order valence-corrected chi connectivity index (χ3v) is 16.9. The highest BCUT2D eigenvalue weighted by molar-refractivity contribution is 7.90. The van der Waals surface area contributed by atoms with Crippen LogP contribution in [0.2, 0.25) is 0 Å². The Kier molecular flexibility index (Phi) is 11.3. The fourth-order valence-corrected chi connectivity index (χ4v) is 12.9. The average molecular weight is 964 g/mol. The zero-order valence-electron chi connectivity index (χ0n) is 38.0. The summed E-state index contributed by atoms with van der Waals surface area (Å²) < 4.78 is 73.3. The number of ketones is 1. The number of nitrogens with zero attached hydrogens (tertiary/aromatic N) is 6. The molecule has 69 heavy (non-hydrogen) atoms. The molecule has 0 aliphatic carbocycles. The Morgan fingerprint density at radius 3 is 2.41 bits per heavy atom. The van der Waals surface area contributed by atoms with Crippen LogP contribution in [0.5, 0.6) is 0 Å². The normalized spacial score (nSPS) is 24.7. The number of halogens is 3. The van der Waals surface area contributed by atoms with Crippen LogP contribution in [0.15, 0.2) is 73.1 Å². The minimum absolute atomic E-state index is 0.00455. The average Bonchev–Trinajstić information content (AvgIpc) is 4.16. The number of H-pyrrole nitrogens is 1. The van der Waals surface area contributed by atoms with Crippen LogP contribution in [-0.4, -0.2) is 127 Å². The van der Waals surface area contributed by atoms with E-state index in [2.05, 4.69) is 59.8 Å². The molecular formula is C50H52F3N9O6S. The number of piperidine rings is 2. The molecule has 11 rings (SSSR count). The number of benzene rings is 3. The summed E-state index contributed by atoms with van der Waals surface area (Å²) in [6.07, 6.45) is 4.39. The molecule has 5 saturated heterocycles. The number of aromatic nitrogens is 2. The maximum atomic E-state index is 15.8. The van der Waals surface area contributed by atoms with Crippen LogP contribution in [-0.2, 0) is 26.3 Å². The summed E-state index contributed by atoms with van der Waals surface area (Å²) in [7, 11) is -4.36. The fourth-order valence-electron chi connectivity index (χ4n) is 11.6. The molecule has 0 saturated carbocycles. The minimum Gasteiger partial charge on any atom is -0.372 e. The topological polar surface area (TPSA) is 171 Å². The molecule has 6 aliphatic heterocycles. The van der Waals surface area contributed by atoms with Crippen LogP contribution in [0.4, 0.5) is 30.2 Å². The monoisotopic (exact) mass is 963 g/mol. The Labute approximate surface area is 397 Å². The van der Waals surface area contributed by atoms with Gasteiger partial charge in [-0.2, -0.15) is 12.7 Å². The minimum atomic E-state index is -4.36. The van der Waals surface area contributed by atoms with Gasteiger partial charge < -0.3 is 24.6 Å². The molecule has 5 fully saturated rings. The van der Waals surface area contributed by atoms with Gasteiger partial charge in [-0.25, -0.2) is 18.2 Å². The highest BCUT2D eigenvalue weighted by Gasteiger charge is 2.49. The van der Waals surface area contributed by atoms with Crippen molar-refractivity contribution in [3.8, 4) is 11.1 Å². The number of pyridine rings is 1. The number of nitrogens with one attached hydrogen (secondary N) is 3. The van der Waals surface area contributed by atoms with Gasteiger partial charge in [0.2, 0.25) is 17.6 Å². The summed E-state index contributed by atoms with van der Waals surface area (Å²) in [5, 5.41) is 2.71. The van der Waals surface area contributed by atoms with Crippen LogP contribution in [0, 0.1) is 28.9 Å². The van der Waals surface area contributed by atoms with E-state index >= 15 is 8.78 Å². The number of hydrogen-bond donors (Lipinski definition) is 3. The summed E-state index contributed by atoms with van der Waals surface area (Å²) in [5.74, 6) is -3.28. The van der Waals surface area contributed by atoms with Crippen molar-refractivity contribution < 1.29 is 40.8 Å². The maximum Gasteiger partial charge on any atom is 0.301 e. The predicted octanol–water partition coefficient (Wildman–Crippen LogP) is 5.88. The first-order chi connectivity index (χ1) is 33.1. The molecule has 0 spiro atoms. The molecule has 15 nitrogen and oxygen atoms in total. The van der Waals surface area contributed by atoms with E-state index in [9.17, 15) is 32.0 Å². The molecule has 3 amide bonds. The predicted molar refractivity (Wildman–Crippen MR) is 253 cm³/mol. The van der Waals surface area contributed by atoms with Crippen LogP contribution in [0.1, 0.15) is 70.9 Å². The third-order valence-electron chi connectivity index (χ3n) is 15.4. The standard InChI is InChI=1S/C50H52F3N9O6S/c1-50-27-58(22-29-12-15-59(16-13-29)36-6-7-37-32(18-36)23-62(49(37)66)42-10-11-43(63)56-48(42)65)24-33(50)25-60(28-50)35-4-2-30(3-5-35)31-19-38-39(21-55-47(38)54-20-31)46(64)44-40(52)8-9-41(45(44)53)57-69(67,68)61-17-14-34(51)26-61/h2-9,18-21,29,33-34,42,57H,10-17,22-28H2,1H3,(H,54,55)(H,56,63,65)/t33-,34-,42+,50+/m1/s1. The van der Waals surface area contributed by atoms with Crippen molar-refractivity contribution in [2.45, 2.75) is 57.8 Å². The van der Waals surface area contributed by atoms with Crippen LogP contribution in [0.3, 0.4) is 0 Å². The second-order valence-corrected chi connectivity index (χ2v) is 21.6. The fraction of sp³-hybridized carbons (Fsp3) is 0.420. The van der Waals surface area contributed by atoms with Crippen molar-refractivity contribution in [2.75, 3.05) is 73.4 Å². The van der Waals surface area contributed by atoms with Crippen LogP contribution >= 0.6 is 0 Å². The largest absolute Gasteiger partial charge is 0.372 e. The number of imide groups is 1. The lowest BCUT2D eigenvalue weighted by Gasteiger charge is -2.36. The Hall–Kier alpha value is -6.31. The van der Waals surface area contributed by atoms with Crippen molar-refractivity contribution in [2.24, 2.45) is 17.3 Å². The van der Waals surface area contributed by atoms with Gasteiger partial charge in [-0.3, -0.25) is 29.2 Å². The lowest BCUT2D eigenvalue weighted by atomic mass is 9.83. The zero-order valence-corrected chi connectivity index (χ0v) is 38.8. The Balaban J connectivity index is 0.694. The molecule has 19 heteroatoms. The number of carbonyl (C=O) groups is 4. The Morgan fingerprint density at radius 2 is 1.67 bits per heavy atom. The summed E-state index contributed by atoms with van der Waals surface area (Å²) in [6.45, 7) is 9.19. The van der Waals surface area contributed by atoms with E-state index in [4.69, 9.17) is 0 Å². The molecule has 3 aromatic carbocycles. The van der Waals surface area contributed by atoms with Gasteiger partial charge in [0.15, 0.2) is 5.82 Å². The molecule has 8 heterocycles. The van der Waals surface area contributed by atoms with E-state index in [0.29, 0.717) is 47.0 Å². The first-order valence-electron chi connectivity index (χ1n) is 23.6. The second-order valence-electron chi connectivity index (χ2n) is 19.9. The number of fused-ring (bicyclic) bond motifs is 3. The molecule has 4 atom stereocenters. The molecule has 5 aromatic rings. The number of hydrogen-bond acceptors (Lipinski definition) is 10. The number of amides is 3. The quantitative estimate of drug-likeness (QED) is 0.107. The summed E-state index contributed by atoms with van der Waals surface area (Å²) >= 11 is 0. The van der Waals surface area contributed by atoms with Gasteiger partial charge in [-0.15, -0.1) is 0 Å². The van der Waals surface area contributed by atoms with Crippen molar-refractivity contribution in [1.29, 1.82) is 0 Å². The number of rotatable bonds is 11. The zero-order chi connectivity index (χ0) is 47.9. The van der Waals surface area contributed by atoms with Gasteiger partial charge >= 0.3 is 10.2 Å². The lowest BCUT2D eigenvalue weighted by Crippen LogP contribution is -2.52. The van der Waals surface area contributed by atoms with E-state index in [-0.39, 0.29) is 48.7 Å². The van der Waals surface area contributed by atoms with Gasteiger partial charge in [0.25, 0.3) is 5.91 Å². The number of anilines is 3. The van der Waals surface area contributed by atoms with E-state index in [1.54, 1.807) is 17.2 Å². The smallest absolute Gasteiger partial charge is 0.301 e. The van der Waals surface area contributed by atoms with Gasteiger partial charge in [0.1, 0.15) is 23.7 Å². The van der Waals surface area contributed by atoms with E-state index in [0.717, 1.165) is 97.6 Å². The highest BCUT2D eigenvalue weighted by Crippen LogP contribution is 2.45. The molecule has 2 aromatic heterocycles. The summed E-state index contributed by atoms with van der Waals surface area (Å²) in [6, 6.07) is 17.0. The second kappa shape index (κ2) is 17.3. The number of alkyl halides is 1. The van der Waals surface area contributed by atoms with Gasteiger partial charge in [0.05, 0.1) is 11.3 Å². The lowest BCUT2D eigenvalue weighted by molar-refractivity contribution is -0.136. The van der Waals surface area contributed by atoms with E-state index < -0.39 is 57.0 Å². The summed E-state index contributed by atoms with van der Waals surface area (Å²) in [5.41, 5.74) is 4.17. The molecule has 0 radical (unpaired) electrons. The number of likely N-dealkylation sites (tertiary alicyclic amines) is 1. The molecule has 360 valence electrons. The van der Waals surface area contributed by atoms with Gasteiger partial charge in [-0.05, 0) is 97.2 Å². The molecular weight excluding hydrogens is 912 g/mol. The van der Waals surface area contributed by atoms with E-state index in [1.165, 1.54) is 6.20 Å².